The fourth-order valence-electron chi connectivity index (χ4n) is 3.22. The van der Waals surface area contributed by atoms with Crippen LogP contribution in [0.1, 0.15) is 25.7 Å². The van der Waals surface area contributed by atoms with E-state index in [2.05, 4.69) is 14.8 Å². The van der Waals surface area contributed by atoms with E-state index in [0.717, 1.165) is 45.0 Å². The fraction of sp³-hybridized carbons (Fsp3) is 0.714. The molecule has 3 rings (SSSR count). The van der Waals surface area contributed by atoms with Gasteiger partial charge < -0.3 is 14.4 Å². The fourth-order valence-corrected chi connectivity index (χ4v) is 3.22. The van der Waals surface area contributed by atoms with E-state index >= 15 is 0 Å². The molecule has 0 spiro atoms. The molecular weight excluding hydrogens is 240 g/mol. The van der Waals surface area contributed by atoms with Crippen molar-refractivity contribution in [2.24, 2.45) is 13.0 Å². The molecule has 1 saturated heterocycles. The van der Waals surface area contributed by atoms with Gasteiger partial charge in [-0.2, -0.15) is 0 Å². The number of amides is 1. The van der Waals surface area contributed by atoms with E-state index in [1.54, 1.807) is 0 Å². The summed E-state index contributed by atoms with van der Waals surface area (Å²) < 4.78 is 2.04. The molecule has 1 aliphatic carbocycles. The van der Waals surface area contributed by atoms with Crippen molar-refractivity contribution in [2.75, 3.05) is 31.1 Å². The Balaban J connectivity index is 1.57. The van der Waals surface area contributed by atoms with Crippen LogP contribution in [0, 0.1) is 5.92 Å². The van der Waals surface area contributed by atoms with E-state index in [1.165, 1.54) is 12.8 Å². The van der Waals surface area contributed by atoms with Gasteiger partial charge in [0.1, 0.15) is 0 Å². The summed E-state index contributed by atoms with van der Waals surface area (Å²) in [6.45, 7) is 3.46. The first-order valence-electron chi connectivity index (χ1n) is 7.27. The van der Waals surface area contributed by atoms with Gasteiger partial charge in [-0.3, -0.25) is 4.79 Å². The van der Waals surface area contributed by atoms with Crippen LogP contribution >= 0.6 is 0 Å². The summed E-state index contributed by atoms with van der Waals surface area (Å²) in [4.78, 5) is 21.0. The third kappa shape index (κ3) is 2.46. The highest BCUT2D eigenvalue weighted by molar-refractivity contribution is 5.79. The topological polar surface area (TPSA) is 41.4 Å². The molecule has 1 aromatic heterocycles. The molecule has 0 bridgehead atoms. The molecule has 0 unspecified atom stereocenters. The predicted octanol–water partition coefficient (Wildman–Crippen LogP) is 1.26. The lowest BCUT2D eigenvalue weighted by Crippen LogP contribution is -2.50. The van der Waals surface area contributed by atoms with Crippen LogP contribution in [-0.4, -0.2) is 46.5 Å². The Morgan fingerprint density at radius 1 is 1.21 bits per heavy atom. The second-order valence-electron chi connectivity index (χ2n) is 5.63. The summed E-state index contributed by atoms with van der Waals surface area (Å²) in [6.07, 6.45) is 8.43. The molecule has 1 aliphatic heterocycles. The third-order valence-corrected chi connectivity index (χ3v) is 4.37. The van der Waals surface area contributed by atoms with Gasteiger partial charge in [0.25, 0.3) is 0 Å². The van der Waals surface area contributed by atoms with Crippen molar-refractivity contribution in [1.29, 1.82) is 0 Å². The van der Waals surface area contributed by atoms with Crippen LogP contribution in [-0.2, 0) is 11.8 Å². The molecule has 19 heavy (non-hydrogen) atoms. The van der Waals surface area contributed by atoms with Gasteiger partial charge in [-0.1, -0.05) is 12.8 Å². The lowest BCUT2D eigenvalue weighted by atomic mass is 10.1. The zero-order valence-corrected chi connectivity index (χ0v) is 11.6. The zero-order valence-electron chi connectivity index (χ0n) is 11.6. The molecule has 0 N–H and O–H groups in total. The number of carbonyl (C=O) groups is 1. The number of aromatic nitrogens is 2. The van der Waals surface area contributed by atoms with Crippen molar-refractivity contribution >= 4 is 11.9 Å². The summed E-state index contributed by atoms with van der Waals surface area (Å²) in [5, 5.41) is 0. The second-order valence-corrected chi connectivity index (χ2v) is 5.63. The van der Waals surface area contributed by atoms with Gasteiger partial charge in [-0.05, 0) is 12.8 Å². The highest BCUT2D eigenvalue weighted by Gasteiger charge is 2.29. The van der Waals surface area contributed by atoms with Crippen LogP contribution in [0.4, 0.5) is 5.95 Å². The van der Waals surface area contributed by atoms with E-state index in [9.17, 15) is 4.79 Å². The van der Waals surface area contributed by atoms with Gasteiger partial charge in [0.15, 0.2) is 0 Å². The highest BCUT2D eigenvalue weighted by atomic mass is 16.2. The summed E-state index contributed by atoms with van der Waals surface area (Å²) in [5.41, 5.74) is 0. The standard InChI is InChI=1S/C14H22N4O/c1-16-7-6-15-14(16)18-10-8-17(9-11-18)13(19)12-4-2-3-5-12/h6-7,12H,2-5,8-11H2,1H3. The normalized spacial score (nSPS) is 21.1. The Hall–Kier alpha value is -1.52. The van der Waals surface area contributed by atoms with Crippen molar-refractivity contribution in [3.63, 3.8) is 0 Å². The summed E-state index contributed by atoms with van der Waals surface area (Å²) in [7, 11) is 2.01. The number of hydrogen-bond donors (Lipinski definition) is 0. The Bertz CT molecular complexity index is 442. The Kier molecular flexibility index (Phi) is 3.44. The predicted molar refractivity (Wildman–Crippen MR) is 74.0 cm³/mol. The van der Waals surface area contributed by atoms with Crippen molar-refractivity contribution in [3.05, 3.63) is 12.4 Å². The van der Waals surface area contributed by atoms with Crippen LogP contribution < -0.4 is 4.90 Å². The minimum absolute atomic E-state index is 0.305. The average molecular weight is 262 g/mol. The monoisotopic (exact) mass is 262 g/mol. The molecule has 0 aromatic carbocycles. The first-order chi connectivity index (χ1) is 9.25. The van der Waals surface area contributed by atoms with Gasteiger partial charge in [-0.25, -0.2) is 4.98 Å². The van der Waals surface area contributed by atoms with E-state index in [1.807, 2.05) is 24.0 Å². The summed E-state index contributed by atoms with van der Waals surface area (Å²) in [5.74, 6) is 1.70. The largest absolute Gasteiger partial charge is 0.339 e. The lowest BCUT2D eigenvalue weighted by Gasteiger charge is -2.36. The molecule has 2 aliphatic rings. The maximum Gasteiger partial charge on any atom is 0.225 e. The van der Waals surface area contributed by atoms with Crippen molar-refractivity contribution in [1.82, 2.24) is 14.5 Å². The molecule has 5 nitrogen and oxygen atoms in total. The number of imidazole rings is 1. The van der Waals surface area contributed by atoms with Crippen molar-refractivity contribution in [2.45, 2.75) is 25.7 Å². The molecule has 1 saturated carbocycles. The highest BCUT2D eigenvalue weighted by Crippen LogP contribution is 2.27. The first-order valence-corrected chi connectivity index (χ1v) is 7.27. The molecule has 0 atom stereocenters. The molecule has 2 fully saturated rings. The van der Waals surface area contributed by atoms with Gasteiger partial charge in [-0.15, -0.1) is 0 Å². The van der Waals surface area contributed by atoms with Crippen molar-refractivity contribution in [3.8, 4) is 0 Å². The number of carbonyl (C=O) groups excluding carboxylic acids is 1. The van der Waals surface area contributed by atoms with Crippen LogP contribution in [0.5, 0.6) is 0 Å². The Morgan fingerprint density at radius 2 is 1.89 bits per heavy atom. The number of anilines is 1. The Labute approximate surface area is 114 Å². The number of rotatable bonds is 2. The maximum atomic E-state index is 12.3. The van der Waals surface area contributed by atoms with Gasteiger partial charge in [0.05, 0.1) is 0 Å². The minimum Gasteiger partial charge on any atom is -0.339 e. The van der Waals surface area contributed by atoms with Crippen molar-refractivity contribution < 1.29 is 4.79 Å². The second kappa shape index (κ2) is 5.23. The number of nitrogens with zero attached hydrogens (tertiary/aromatic N) is 4. The summed E-state index contributed by atoms with van der Waals surface area (Å²) >= 11 is 0. The number of piperazine rings is 1. The van der Waals surface area contributed by atoms with Crippen LogP contribution in [0.2, 0.25) is 0 Å². The average Bonchev–Trinajstić information content (AvgIpc) is 3.09. The van der Waals surface area contributed by atoms with E-state index in [-0.39, 0.29) is 0 Å². The van der Waals surface area contributed by atoms with Crippen LogP contribution in [0.15, 0.2) is 12.4 Å². The van der Waals surface area contributed by atoms with E-state index in [0.29, 0.717) is 11.8 Å². The molecule has 104 valence electrons. The zero-order chi connectivity index (χ0) is 13.2. The van der Waals surface area contributed by atoms with Gasteiger partial charge in [0, 0.05) is 51.5 Å². The third-order valence-electron chi connectivity index (χ3n) is 4.37. The van der Waals surface area contributed by atoms with Gasteiger partial charge in [0.2, 0.25) is 11.9 Å². The SMILES string of the molecule is Cn1ccnc1N1CCN(C(=O)C2CCCC2)CC1. The smallest absolute Gasteiger partial charge is 0.225 e. The molecule has 5 heteroatoms. The van der Waals surface area contributed by atoms with Crippen LogP contribution in [0.25, 0.3) is 0 Å². The quantitative estimate of drug-likeness (QED) is 0.805. The minimum atomic E-state index is 0.305. The van der Waals surface area contributed by atoms with E-state index < -0.39 is 0 Å². The van der Waals surface area contributed by atoms with E-state index in [4.69, 9.17) is 0 Å². The molecule has 1 amide bonds. The number of hydrogen-bond acceptors (Lipinski definition) is 3. The van der Waals surface area contributed by atoms with Crippen LogP contribution in [0.3, 0.4) is 0 Å². The molecule has 1 aromatic rings. The van der Waals surface area contributed by atoms with Gasteiger partial charge >= 0.3 is 0 Å². The first kappa shape index (κ1) is 12.5. The molecule has 0 radical (unpaired) electrons. The maximum absolute atomic E-state index is 12.3. The molecular formula is C14H22N4O. The Morgan fingerprint density at radius 3 is 2.47 bits per heavy atom. The summed E-state index contributed by atoms with van der Waals surface area (Å²) in [6, 6.07) is 0. The lowest BCUT2D eigenvalue weighted by molar-refractivity contribution is -0.135. The number of aryl methyl sites for hydroxylation is 1. The molecule has 2 heterocycles.